The smallest absolute Gasteiger partial charge is 0.196 e. The molecule has 0 aromatic heterocycles. The van der Waals surface area contributed by atoms with E-state index in [1.54, 1.807) is 7.11 Å². The van der Waals surface area contributed by atoms with Crippen molar-refractivity contribution in [2.75, 3.05) is 52.8 Å². The first-order valence-corrected chi connectivity index (χ1v) is 10.8. The van der Waals surface area contributed by atoms with Crippen LogP contribution in [0, 0.1) is 0 Å². The summed E-state index contributed by atoms with van der Waals surface area (Å²) in [7, 11) is 5.77. The van der Waals surface area contributed by atoms with Crippen LogP contribution in [0.1, 0.15) is 25.8 Å². The molecule has 2 N–H and O–H groups in total. The van der Waals surface area contributed by atoms with Crippen molar-refractivity contribution < 1.29 is 14.2 Å². The van der Waals surface area contributed by atoms with E-state index in [1.807, 2.05) is 44.2 Å². The monoisotopic (exact) mass is 556 g/mol. The van der Waals surface area contributed by atoms with Crippen LogP contribution in [0.3, 0.4) is 0 Å². The summed E-state index contributed by atoms with van der Waals surface area (Å²) in [6.45, 7) is 7.63. The number of hydrogen-bond acceptors (Lipinski definition) is 5. The average molecular weight is 556 g/mol. The van der Waals surface area contributed by atoms with Crippen LogP contribution in [0.2, 0.25) is 0 Å². The first-order chi connectivity index (χ1) is 15.0. The number of hydrogen-bond donors (Lipinski definition) is 2. The number of methoxy groups -OCH3 is 1. The van der Waals surface area contributed by atoms with Crippen LogP contribution in [-0.4, -0.2) is 58.4 Å². The predicted octanol–water partition coefficient (Wildman–Crippen LogP) is 4.62. The van der Waals surface area contributed by atoms with E-state index < -0.39 is 0 Å². The molecule has 0 heterocycles. The van der Waals surface area contributed by atoms with Gasteiger partial charge in [-0.3, -0.25) is 0 Å². The summed E-state index contributed by atoms with van der Waals surface area (Å²) in [6.07, 6.45) is 1.01. The van der Waals surface area contributed by atoms with Crippen LogP contribution >= 0.6 is 24.0 Å². The molecule has 8 heteroatoms. The second-order valence-electron chi connectivity index (χ2n) is 7.27. The summed E-state index contributed by atoms with van der Waals surface area (Å²) < 4.78 is 16.8. The van der Waals surface area contributed by atoms with Crippen molar-refractivity contribution in [3.63, 3.8) is 0 Å². The van der Waals surface area contributed by atoms with Gasteiger partial charge in [0.25, 0.3) is 0 Å². The molecule has 0 aliphatic heterocycles. The molecule has 0 bridgehead atoms. The fourth-order valence-corrected chi connectivity index (χ4v) is 2.90. The molecule has 0 saturated heterocycles. The summed E-state index contributed by atoms with van der Waals surface area (Å²) in [4.78, 5) is 6.85. The molecule has 0 fully saturated rings. The van der Waals surface area contributed by atoms with Gasteiger partial charge in [0.05, 0.1) is 26.9 Å². The van der Waals surface area contributed by atoms with Gasteiger partial charge in [0.1, 0.15) is 5.75 Å². The molecule has 0 aliphatic carbocycles. The van der Waals surface area contributed by atoms with Gasteiger partial charge in [-0.2, -0.15) is 0 Å². The molecule has 0 atom stereocenters. The molecule has 178 valence electrons. The minimum absolute atomic E-state index is 0. The Morgan fingerprint density at radius 2 is 1.75 bits per heavy atom. The number of ether oxygens (including phenoxy) is 3. The van der Waals surface area contributed by atoms with Crippen molar-refractivity contribution in [2.45, 2.75) is 26.8 Å². The van der Waals surface area contributed by atoms with Gasteiger partial charge in [-0.15, -0.1) is 24.0 Å². The lowest BCUT2D eigenvalue weighted by atomic mass is 10.2. The molecular weight excluding hydrogens is 519 g/mol. The van der Waals surface area contributed by atoms with E-state index >= 15 is 0 Å². The van der Waals surface area contributed by atoms with Crippen molar-refractivity contribution in [2.24, 2.45) is 4.99 Å². The van der Waals surface area contributed by atoms with E-state index in [9.17, 15) is 0 Å². The fourth-order valence-electron chi connectivity index (χ4n) is 2.90. The van der Waals surface area contributed by atoms with E-state index in [4.69, 9.17) is 19.2 Å². The Hall–Kier alpha value is -2.20. The number of aliphatic imine (C=N–C) groups is 1. The summed E-state index contributed by atoms with van der Waals surface area (Å²) >= 11 is 0. The van der Waals surface area contributed by atoms with Gasteiger partial charge in [-0.25, -0.2) is 4.99 Å². The Morgan fingerprint density at radius 3 is 2.38 bits per heavy atom. The number of nitrogens with one attached hydrogen (secondary N) is 2. The van der Waals surface area contributed by atoms with E-state index in [1.165, 1.54) is 0 Å². The lowest BCUT2D eigenvalue weighted by Crippen LogP contribution is -2.30. The van der Waals surface area contributed by atoms with Crippen LogP contribution in [-0.2, 0) is 6.54 Å². The third-order valence-electron chi connectivity index (χ3n) is 4.43. The molecule has 2 aromatic rings. The van der Waals surface area contributed by atoms with Crippen LogP contribution in [0.25, 0.3) is 0 Å². The molecule has 7 nitrogen and oxygen atoms in total. The molecule has 2 aromatic carbocycles. The second-order valence-corrected chi connectivity index (χ2v) is 7.27. The standard InChI is InChI=1S/C24H36N4O3.HI/c1-6-25-24(27-20-11-14-22(29-5)23(17-20)30-7-2)26-18-19-9-12-21(13-10-19)31-16-8-15-28(3)4;/h9-14,17H,6-8,15-16,18H2,1-5H3,(H2,25,26,27);1H. The molecule has 0 aliphatic rings. The van der Waals surface area contributed by atoms with E-state index in [-0.39, 0.29) is 24.0 Å². The maximum atomic E-state index is 5.80. The Labute approximate surface area is 209 Å². The van der Waals surface area contributed by atoms with Gasteiger partial charge in [-0.05, 0) is 64.2 Å². The zero-order chi connectivity index (χ0) is 22.5. The van der Waals surface area contributed by atoms with Crippen LogP contribution in [0.15, 0.2) is 47.5 Å². The van der Waals surface area contributed by atoms with E-state index in [2.05, 4.69) is 41.8 Å². The summed E-state index contributed by atoms with van der Waals surface area (Å²) in [5, 5.41) is 6.60. The van der Waals surface area contributed by atoms with Crippen molar-refractivity contribution >= 4 is 35.6 Å². The zero-order valence-corrected chi connectivity index (χ0v) is 22.1. The number of anilines is 1. The number of benzene rings is 2. The number of nitrogens with zero attached hydrogens (tertiary/aromatic N) is 2. The van der Waals surface area contributed by atoms with E-state index in [0.717, 1.165) is 43.1 Å². The molecule has 32 heavy (non-hydrogen) atoms. The second kappa shape index (κ2) is 15.6. The third kappa shape index (κ3) is 9.95. The molecular formula is C24H37IN4O3. The molecule has 0 radical (unpaired) electrons. The normalized spacial score (nSPS) is 11.0. The first-order valence-electron chi connectivity index (χ1n) is 10.8. The molecule has 0 saturated carbocycles. The van der Waals surface area contributed by atoms with Crippen LogP contribution in [0.4, 0.5) is 5.69 Å². The van der Waals surface area contributed by atoms with Crippen molar-refractivity contribution in [3.05, 3.63) is 48.0 Å². The predicted molar refractivity (Wildman–Crippen MR) is 143 cm³/mol. The highest BCUT2D eigenvalue weighted by atomic mass is 127. The maximum absolute atomic E-state index is 5.80. The molecule has 2 rings (SSSR count). The Kier molecular flexibility index (Phi) is 13.5. The minimum Gasteiger partial charge on any atom is -0.494 e. The van der Waals surface area contributed by atoms with Gasteiger partial charge >= 0.3 is 0 Å². The minimum atomic E-state index is 0. The lowest BCUT2D eigenvalue weighted by Gasteiger charge is -2.14. The highest BCUT2D eigenvalue weighted by Gasteiger charge is 2.07. The Balaban J connectivity index is 0.00000512. The topological polar surface area (TPSA) is 67.4 Å². The van der Waals surface area contributed by atoms with Gasteiger partial charge in [0.15, 0.2) is 17.5 Å². The fraction of sp³-hybridized carbons (Fsp3) is 0.458. The summed E-state index contributed by atoms with van der Waals surface area (Å²) in [6, 6.07) is 13.8. The summed E-state index contributed by atoms with van der Waals surface area (Å²) in [5.41, 5.74) is 1.99. The molecule has 0 amide bonds. The van der Waals surface area contributed by atoms with Gasteiger partial charge in [0.2, 0.25) is 0 Å². The number of guanidine groups is 1. The Morgan fingerprint density at radius 1 is 1.00 bits per heavy atom. The van der Waals surface area contributed by atoms with Gasteiger partial charge in [-0.1, -0.05) is 12.1 Å². The van der Waals surface area contributed by atoms with Crippen molar-refractivity contribution in [1.82, 2.24) is 10.2 Å². The van der Waals surface area contributed by atoms with Gasteiger partial charge < -0.3 is 29.7 Å². The van der Waals surface area contributed by atoms with Crippen LogP contribution in [0.5, 0.6) is 17.2 Å². The van der Waals surface area contributed by atoms with Crippen molar-refractivity contribution in [1.29, 1.82) is 0 Å². The number of rotatable bonds is 12. The van der Waals surface area contributed by atoms with Crippen molar-refractivity contribution in [3.8, 4) is 17.2 Å². The highest BCUT2D eigenvalue weighted by Crippen LogP contribution is 2.30. The quantitative estimate of drug-likeness (QED) is 0.172. The summed E-state index contributed by atoms with van der Waals surface area (Å²) in [5.74, 6) is 3.00. The van der Waals surface area contributed by atoms with E-state index in [0.29, 0.717) is 30.6 Å². The largest absolute Gasteiger partial charge is 0.494 e. The Bertz CT molecular complexity index is 813. The average Bonchev–Trinajstić information content (AvgIpc) is 2.76. The van der Waals surface area contributed by atoms with Crippen LogP contribution < -0.4 is 24.8 Å². The first kappa shape index (κ1) is 27.8. The molecule has 0 unspecified atom stereocenters. The molecule has 0 spiro atoms. The van der Waals surface area contributed by atoms with Gasteiger partial charge in [0, 0.05) is 24.8 Å². The lowest BCUT2D eigenvalue weighted by molar-refractivity contribution is 0.281. The number of halogens is 1. The zero-order valence-electron chi connectivity index (χ0n) is 19.8. The highest BCUT2D eigenvalue weighted by molar-refractivity contribution is 14.0. The maximum Gasteiger partial charge on any atom is 0.196 e. The SMILES string of the molecule is CCNC(=NCc1ccc(OCCCN(C)C)cc1)Nc1ccc(OC)c(OCC)c1.I. The third-order valence-corrected chi connectivity index (χ3v) is 4.43.